The Morgan fingerprint density at radius 1 is 1.22 bits per heavy atom. The number of para-hydroxylation sites is 1. The number of nitrogens with one attached hydrogen (secondary N) is 1. The molecule has 2 rings (SSSR count). The van der Waals surface area contributed by atoms with Crippen molar-refractivity contribution in [3.8, 4) is 5.75 Å². The van der Waals surface area contributed by atoms with Crippen LogP contribution in [-0.4, -0.2) is 12.5 Å². The first kappa shape index (κ1) is 16.9. The van der Waals surface area contributed by atoms with Crippen LogP contribution in [0, 0.1) is 12.8 Å². The Kier molecular flexibility index (Phi) is 5.63. The molecule has 0 saturated heterocycles. The number of anilines is 2. The fourth-order valence-corrected chi connectivity index (χ4v) is 2.15. The van der Waals surface area contributed by atoms with E-state index in [0.29, 0.717) is 35.2 Å². The second kappa shape index (κ2) is 7.68. The summed E-state index contributed by atoms with van der Waals surface area (Å²) in [4.78, 5) is 12.6. The molecule has 0 aliphatic heterocycles. The molecule has 0 radical (unpaired) electrons. The third-order valence-electron chi connectivity index (χ3n) is 3.59. The van der Waals surface area contributed by atoms with Gasteiger partial charge in [0.1, 0.15) is 5.75 Å². The molecule has 2 aromatic carbocycles. The minimum Gasteiger partial charge on any atom is -0.493 e. The van der Waals surface area contributed by atoms with Crippen LogP contribution in [0.5, 0.6) is 5.75 Å². The van der Waals surface area contributed by atoms with Gasteiger partial charge < -0.3 is 15.8 Å². The fraction of sp³-hybridized carbons (Fsp3) is 0.316. The van der Waals surface area contributed by atoms with Crippen molar-refractivity contribution in [3.63, 3.8) is 0 Å². The summed E-state index contributed by atoms with van der Waals surface area (Å²) in [7, 11) is 0. The summed E-state index contributed by atoms with van der Waals surface area (Å²) in [6, 6.07) is 12.7. The second-order valence-electron chi connectivity index (χ2n) is 6.06. The molecule has 0 atom stereocenters. The van der Waals surface area contributed by atoms with Gasteiger partial charge in [0.15, 0.2) is 0 Å². The number of nitrogen functional groups attached to an aromatic ring is 1. The quantitative estimate of drug-likeness (QED) is 0.784. The lowest BCUT2D eigenvalue weighted by Gasteiger charge is -2.14. The molecule has 0 saturated carbocycles. The number of hydrogen-bond donors (Lipinski definition) is 2. The van der Waals surface area contributed by atoms with E-state index < -0.39 is 0 Å². The number of nitrogens with two attached hydrogens (primary N) is 1. The average Bonchev–Trinajstić information content (AvgIpc) is 2.51. The molecule has 0 spiro atoms. The van der Waals surface area contributed by atoms with Crippen LogP contribution in [0.1, 0.15) is 36.2 Å². The molecule has 0 aliphatic rings. The second-order valence-corrected chi connectivity index (χ2v) is 6.06. The maximum atomic E-state index is 12.6. The van der Waals surface area contributed by atoms with Crippen LogP contribution in [-0.2, 0) is 0 Å². The van der Waals surface area contributed by atoms with E-state index in [2.05, 4.69) is 19.2 Å². The van der Waals surface area contributed by atoms with E-state index in [1.54, 1.807) is 12.1 Å². The van der Waals surface area contributed by atoms with Crippen LogP contribution in [0.4, 0.5) is 11.4 Å². The van der Waals surface area contributed by atoms with Crippen LogP contribution in [0.2, 0.25) is 0 Å². The zero-order valence-electron chi connectivity index (χ0n) is 13.9. The van der Waals surface area contributed by atoms with E-state index >= 15 is 0 Å². The lowest BCUT2D eigenvalue weighted by molar-refractivity contribution is 0.102. The van der Waals surface area contributed by atoms with Gasteiger partial charge in [0, 0.05) is 11.4 Å². The van der Waals surface area contributed by atoms with Gasteiger partial charge in [-0.3, -0.25) is 4.79 Å². The Hall–Kier alpha value is -2.49. The first-order valence-corrected chi connectivity index (χ1v) is 7.86. The topological polar surface area (TPSA) is 64.3 Å². The highest BCUT2D eigenvalue weighted by atomic mass is 16.5. The van der Waals surface area contributed by atoms with Crippen LogP contribution in [0.25, 0.3) is 0 Å². The van der Waals surface area contributed by atoms with Gasteiger partial charge in [-0.1, -0.05) is 32.0 Å². The molecule has 3 N–H and O–H groups in total. The molecule has 0 fully saturated rings. The molecule has 2 aromatic rings. The normalized spacial score (nSPS) is 10.6. The minimum atomic E-state index is -0.196. The smallest absolute Gasteiger partial charge is 0.259 e. The Morgan fingerprint density at radius 3 is 2.70 bits per heavy atom. The van der Waals surface area contributed by atoms with Gasteiger partial charge in [0.05, 0.1) is 12.2 Å². The number of aryl methyl sites for hydroxylation is 1. The number of ether oxygens (including phenoxy) is 1. The lowest BCUT2D eigenvalue weighted by atomic mass is 10.1. The summed E-state index contributed by atoms with van der Waals surface area (Å²) in [5.74, 6) is 0.969. The first-order valence-electron chi connectivity index (χ1n) is 7.86. The van der Waals surface area contributed by atoms with Gasteiger partial charge in [-0.05, 0) is 49.1 Å². The summed E-state index contributed by atoms with van der Waals surface area (Å²) >= 11 is 0. The molecule has 0 aliphatic carbocycles. The van der Waals surface area contributed by atoms with Gasteiger partial charge in [-0.15, -0.1) is 0 Å². The van der Waals surface area contributed by atoms with Crippen molar-refractivity contribution in [1.82, 2.24) is 0 Å². The SMILES string of the molecule is Cc1ccc(N)cc1NC(=O)c1ccccc1OCCC(C)C. The number of carbonyl (C=O) groups is 1. The first-order chi connectivity index (χ1) is 11.0. The van der Waals surface area contributed by atoms with E-state index in [0.717, 1.165) is 12.0 Å². The van der Waals surface area contributed by atoms with E-state index in [-0.39, 0.29) is 5.91 Å². The molecule has 23 heavy (non-hydrogen) atoms. The predicted molar refractivity (Wildman–Crippen MR) is 94.9 cm³/mol. The molecule has 122 valence electrons. The van der Waals surface area contributed by atoms with E-state index in [1.165, 1.54) is 0 Å². The summed E-state index contributed by atoms with van der Waals surface area (Å²) in [5.41, 5.74) is 8.61. The standard InChI is InChI=1S/C19H24N2O2/c1-13(2)10-11-23-18-7-5-4-6-16(18)19(22)21-17-12-15(20)9-8-14(17)3/h4-9,12-13H,10-11,20H2,1-3H3,(H,21,22). The van der Waals surface area contributed by atoms with Crippen molar-refractivity contribution in [2.75, 3.05) is 17.7 Å². The molecule has 4 nitrogen and oxygen atoms in total. The maximum absolute atomic E-state index is 12.6. The Morgan fingerprint density at radius 2 is 1.96 bits per heavy atom. The number of hydrogen-bond acceptors (Lipinski definition) is 3. The lowest BCUT2D eigenvalue weighted by Crippen LogP contribution is -2.15. The number of carbonyl (C=O) groups excluding carboxylic acids is 1. The Balaban J connectivity index is 2.14. The minimum absolute atomic E-state index is 0.196. The third kappa shape index (κ3) is 4.74. The molecule has 4 heteroatoms. The van der Waals surface area contributed by atoms with Crippen LogP contribution >= 0.6 is 0 Å². The van der Waals surface area contributed by atoms with Crippen LogP contribution in [0.3, 0.4) is 0 Å². The van der Waals surface area contributed by atoms with Gasteiger partial charge in [0.2, 0.25) is 0 Å². The molecule has 0 bridgehead atoms. The van der Waals surface area contributed by atoms with Crippen molar-refractivity contribution in [1.29, 1.82) is 0 Å². The highest BCUT2D eigenvalue weighted by Crippen LogP contribution is 2.23. The predicted octanol–water partition coefficient (Wildman–Crippen LogP) is 4.25. The maximum Gasteiger partial charge on any atom is 0.259 e. The molecule has 1 amide bonds. The van der Waals surface area contributed by atoms with E-state index in [4.69, 9.17) is 10.5 Å². The van der Waals surface area contributed by atoms with Crippen molar-refractivity contribution < 1.29 is 9.53 Å². The van der Waals surface area contributed by atoms with E-state index in [9.17, 15) is 4.79 Å². The van der Waals surface area contributed by atoms with Gasteiger partial charge >= 0.3 is 0 Å². The van der Waals surface area contributed by atoms with Crippen LogP contribution < -0.4 is 15.8 Å². The summed E-state index contributed by atoms with van der Waals surface area (Å²) < 4.78 is 5.78. The zero-order valence-corrected chi connectivity index (χ0v) is 13.9. The number of rotatable bonds is 6. The van der Waals surface area contributed by atoms with Crippen molar-refractivity contribution >= 4 is 17.3 Å². The van der Waals surface area contributed by atoms with Gasteiger partial charge in [-0.25, -0.2) is 0 Å². The van der Waals surface area contributed by atoms with Crippen LogP contribution in [0.15, 0.2) is 42.5 Å². The average molecular weight is 312 g/mol. The van der Waals surface area contributed by atoms with E-state index in [1.807, 2.05) is 37.3 Å². The largest absolute Gasteiger partial charge is 0.493 e. The van der Waals surface area contributed by atoms with Crippen molar-refractivity contribution in [2.45, 2.75) is 27.2 Å². The highest BCUT2D eigenvalue weighted by Gasteiger charge is 2.13. The fourth-order valence-electron chi connectivity index (χ4n) is 2.15. The van der Waals surface area contributed by atoms with Crippen molar-refractivity contribution in [3.05, 3.63) is 53.6 Å². The van der Waals surface area contributed by atoms with Crippen molar-refractivity contribution in [2.24, 2.45) is 5.92 Å². The Labute approximate surface area is 137 Å². The zero-order chi connectivity index (χ0) is 16.8. The summed E-state index contributed by atoms with van der Waals surface area (Å²) in [5, 5.41) is 2.91. The molecular weight excluding hydrogens is 288 g/mol. The number of benzene rings is 2. The summed E-state index contributed by atoms with van der Waals surface area (Å²) in [6.07, 6.45) is 0.949. The molecule has 0 aromatic heterocycles. The third-order valence-corrected chi connectivity index (χ3v) is 3.59. The molecular formula is C19H24N2O2. The monoisotopic (exact) mass is 312 g/mol. The Bertz CT molecular complexity index is 681. The highest BCUT2D eigenvalue weighted by molar-refractivity contribution is 6.06. The molecule has 0 heterocycles. The van der Waals surface area contributed by atoms with Gasteiger partial charge in [-0.2, -0.15) is 0 Å². The molecule has 0 unspecified atom stereocenters. The number of amides is 1. The van der Waals surface area contributed by atoms with Gasteiger partial charge in [0.25, 0.3) is 5.91 Å². The summed E-state index contributed by atoms with van der Waals surface area (Å²) in [6.45, 7) is 6.81.